The fourth-order valence-corrected chi connectivity index (χ4v) is 3.94. The number of carbonyl (C=O) groups excluding carboxylic acids is 2. The minimum Gasteiger partial charge on any atom is -0.339 e. The molecule has 0 N–H and O–H groups in total. The number of piperazine rings is 1. The smallest absolute Gasteiger partial charge is 0.339 e. The first-order valence-corrected chi connectivity index (χ1v) is 10.4. The lowest BCUT2D eigenvalue weighted by Crippen LogP contribution is -2.51. The topological polar surface area (TPSA) is 75.5 Å². The van der Waals surface area contributed by atoms with Gasteiger partial charge in [-0.05, 0) is 24.3 Å². The van der Waals surface area contributed by atoms with Gasteiger partial charge in [-0.3, -0.25) is 19.1 Å². The number of para-hydroxylation sites is 1. The Bertz CT molecular complexity index is 1250. The molecule has 0 radical (unpaired) electrons. The molecule has 3 aromatic rings. The molecule has 7 nitrogen and oxygen atoms in total. The number of amides is 2. The quantitative estimate of drug-likeness (QED) is 0.603. The van der Waals surface area contributed by atoms with E-state index >= 15 is 0 Å². The predicted molar refractivity (Wildman–Crippen MR) is 115 cm³/mol. The molecule has 0 atom stereocenters. The van der Waals surface area contributed by atoms with Crippen LogP contribution in [0.15, 0.2) is 59.5 Å². The first-order chi connectivity index (χ1) is 15.8. The average Bonchev–Trinajstić information content (AvgIpc) is 2.83. The van der Waals surface area contributed by atoms with Crippen molar-refractivity contribution in [1.82, 2.24) is 19.6 Å². The number of fused-ring (bicyclic) bond motifs is 1. The zero-order chi connectivity index (χ0) is 23.6. The zero-order valence-electron chi connectivity index (χ0n) is 17.6. The summed E-state index contributed by atoms with van der Waals surface area (Å²) in [5.41, 5.74) is -0.909. The first kappa shape index (κ1) is 22.5. The molecule has 1 saturated heterocycles. The van der Waals surface area contributed by atoms with E-state index in [1.54, 1.807) is 33.8 Å². The number of benzene rings is 2. The lowest BCUT2D eigenvalue weighted by Gasteiger charge is -2.35. The number of rotatable bonds is 4. The molecule has 0 bridgehead atoms. The number of aromatic nitrogens is 2. The normalized spacial score (nSPS) is 14.5. The standard InChI is InChI=1S/C23H21F3N4O3/c24-23(25,26)18-7-3-1-5-16(18)22(33)29-13-11-28(12-14-29)21(32)9-10-30-19-8-4-2-6-17(19)20(31)15-27-30/h1-8,15H,9-14H2. The van der Waals surface area contributed by atoms with E-state index in [4.69, 9.17) is 0 Å². The third-order valence-corrected chi connectivity index (χ3v) is 5.68. The summed E-state index contributed by atoms with van der Waals surface area (Å²) in [6.45, 7) is 1.04. The monoisotopic (exact) mass is 458 g/mol. The highest BCUT2D eigenvalue weighted by atomic mass is 19.4. The summed E-state index contributed by atoms with van der Waals surface area (Å²) in [7, 11) is 0. The molecular formula is C23H21F3N4O3. The van der Waals surface area contributed by atoms with Crippen LogP contribution in [0.5, 0.6) is 0 Å². The molecule has 33 heavy (non-hydrogen) atoms. The van der Waals surface area contributed by atoms with Gasteiger partial charge in [-0.15, -0.1) is 0 Å². The van der Waals surface area contributed by atoms with Crippen LogP contribution in [0.25, 0.3) is 10.9 Å². The summed E-state index contributed by atoms with van der Waals surface area (Å²) in [5, 5.41) is 4.63. The van der Waals surface area contributed by atoms with E-state index < -0.39 is 17.6 Å². The highest BCUT2D eigenvalue weighted by Crippen LogP contribution is 2.32. The van der Waals surface area contributed by atoms with Crippen LogP contribution in [0.4, 0.5) is 13.2 Å². The van der Waals surface area contributed by atoms with Gasteiger partial charge in [0.2, 0.25) is 11.3 Å². The van der Waals surface area contributed by atoms with Gasteiger partial charge in [-0.1, -0.05) is 24.3 Å². The van der Waals surface area contributed by atoms with Gasteiger partial charge in [0, 0.05) is 38.0 Å². The molecule has 2 heterocycles. The van der Waals surface area contributed by atoms with E-state index in [0.717, 1.165) is 6.07 Å². The molecule has 1 aliphatic rings. The molecule has 1 fully saturated rings. The van der Waals surface area contributed by atoms with Crippen LogP contribution < -0.4 is 5.43 Å². The Hall–Kier alpha value is -3.69. The summed E-state index contributed by atoms with van der Waals surface area (Å²) in [4.78, 5) is 40.2. The first-order valence-electron chi connectivity index (χ1n) is 10.4. The SMILES string of the molecule is O=C(CCn1ncc(=O)c2ccccc21)N1CCN(C(=O)c2ccccc2C(F)(F)F)CC1. The summed E-state index contributed by atoms with van der Waals surface area (Å²) in [5.74, 6) is -0.846. The Kier molecular flexibility index (Phi) is 6.17. The number of halogens is 3. The van der Waals surface area contributed by atoms with E-state index in [-0.39, 0.29) is 56.0 Å². The van der Waals surface area contributed by atoms with Crippen LogP contribution >= 0.6 is 0 Å². The van der Waals surface area contributed by atoms with E-state index in [0.29, 0.717) is 10.9 Å². The van der Waals surface area contributed by atoms with Gasteiger partial charge in [0.25, 0.3) is 5.91 Å². The molecule has 2 amide bonds. The predicted octanol–water partition coefficient (Wildman–Crippen LogP) is 2.79. The zero-order valence-corrected chi connectivity index (χ0v) is 17.6. The maximum absolute atomic E-state index is 13.2. The second-order valence-electron chi connectivity index (χ2n) is 7.72. The Morgan fingerprint density at radius 3 is 2.27 bits per heavy atom. The van der Waals surface area contributed by atoms with Crippen molar-refractivity contribution in [2.75, 3.05) is 26.2 Å². The van der Waals surface area contributed by atoms with Crippen molar-refractivity contribution in [3.05, 3.63) is 76.1 Å². The van der Waals surface area contributed by atoms with E-state index in [9.17, 15) is 27.6 Å². The maximum atomic E-state index is 13.2. The van der Waals surface area contributed by atoms with Gasteiger partial charge in [0.1, 0.15) is 0 Å². The summed E-state index contributed by atoms with van der Waals surface area (Å²) in [6, 6.07) is 11.7. The second-order valence-corrected chi connectivity index (χ2v) is 7.72. The van der Waals surface area contributed by atoms with Crippen LogP contribution in [0.3, 0.4) is 0 Å². The van der Waals surface area contributed by atoms with Gasteiger partial charge in [-0.2, -0.15) is 18.3 Å². The number of alkyl halides is 3. The fraction of sp³-hybridized carbons (Fsp3) is 0.304. The van der Waals surface area contributed by atoms with E-state index in [1.807, 2.05) is 0 Å². The molecule has 1 aromatic heterocycles. The van der Waals surface area contributed by atoms with Gasteiger partial charge in [0.05, 0.1) is 29.4 Å². The average molecular weight is 458 g/mol. The Balaban J connectivity index is 1.37. The lowest BCUT2D eigenvalue weighted by molar-refractivity contribution is -0.138. The molecule has 172 valence electrons. The van der Waals surface area contributed by atoms with Crippen LogP contribution in [-0.2, 0) is 17.5 Å². The Morgan fingerprint density at radius 1 is 0.909 bits per heavy atom. The third-order valence-electron chi connectivity index (χ3n) is 5.68. The van der Waals surface area contributed by atoms with Crippen LogP contribution in [0, 0.1) is 0 Å². The van der Waals surface area contributed by atoms with Crippen molar-refractivity contribution in [3.63, 3.8) is 0 Å². The number of hydrogen-bond acceptors (Lipinski definition) is 4. The second kappa shape index (κ2) is 9.05. The molecular weight excluding hydrogens is 437 g/mol. The molecule has 2 aromatic carbocycles. The van der Waals surface area contributed by atoms with Gasteiger partial charge < -0.3 is 9.80 Å². The summed E-state index contributed by atoms with van der Waals surface area (Å²) >= 11 is 0. The molecule has 10 heteroatoms. The van der Waals surface area contributed by atoms with E-state index in [2.05, 4.69) is 5.10 Å². The van der Waals surface area contributed by atoms with Crippen molar-refractivity contribution < 1.29 is 22.8 Å². The maximum Gasteiger partial charge on any atom is 0.417 e. The van der Waals surface area contributed by atoms with Crippen molar-refractivity contribution in [1.29, 1.82) is 0 Å². The third kappa shape index (κ3) is 4.74. The number of hydrogen-bond donors (Lipinski definition) is 0. The molecule has 0 saturated carbocycles. The van der Waals surface area contributed by atoms with Gasteiger partial charge in [0.15, 0.2) is 0 Å². The summed E-state index contributed by atoms with van der Waals surface area (Å²) in [6.07, 6.45) is -3.26. The Labute approximate surface area is 187 Å². The van der Waals surface area contributed by atoms with Crippen LogP contribution in [0.2, 0.25) is 0 Å². The molecule has 1 aliphatic heterocycles. The largest absolute Gasteiger partial charge is 0.417 e. The van der Waals surface area contributed by atoms with Crippen LogP contribution in [0.1, 0.15) is 22.3 Å². The summed E-state index contributed by atoms with van der Waals surface area (Å²) < 4.78 is 41.3. The van der Waals surface area contributed by atoms with Crippen molar-refractivity contribution in [2.24, 2.45) is 0 Å². The number of carbonyl (C=O) groups is 2. The van der Waals surface area contributed by atoms with Crippen molar-refractivity contribution in [3.8, 4) is 0 Å². The molecule has 4 rings (SSSR count). The minimum absolute atomic E-state index is 0.144. The fourth-order valence-electron chi connectivity index (χ4n) is 3.94. The van der Waals surface area contributed by atoms with Gasteiger partial charge in [-0.25, -0.2) is 0 Å². The molecule has 0 spiro atoms. The lowest BCUT2D eigenvalue weighted by atomic mass is 10.1. The number of aryl methyl sites for hydroxylation is 1. The molecule has 0 unspecified atom stereocenters. The van der Waals surface area contributed by atoms with Crippen LogP contribution in [-0.4, -0.2) is 57.6 Å². The highest BCUT2D eigenvalue weighted by molar-refractivity contribution is 5.96. The van der Waals surface area contributed by atoms with Crippen molar-refractivity contribution in [2.45, 2.75) is 19.1 Å². The van der Waals surface area contributed by atoms with Gasteiger partial charge >= 0.3 is 6.18 Å². The highest BCUT2D eigenvalue weighted by Gasteiger charge is 2.36. The Morgan fingerprint density at radius 2 is 1.55 bits per heavy atom. The molecule has 0 aliphatic carbocycles. The van der Waals surface area contributed by atoms with E-state index in [1.165, 1.54) is 29.3 Å². The number of nitrogens with zero attached hydrogens (tertiary/aromatic N) is 4. The van der Waals surface area contributed by atoms with Crippen molar-refractivity contribution >= 4 is 22.7 Å². The minimum atomic E-state index is -4.62.